The van der Waals surface area contributed by atoms with E-state index in [1.165, 1.54) is 0 Å². The fraction of sp³-hybridized carbons (Fsp3) is 0.188. The quantitative estimate of drug-likeness (QED) is 0.930. The van der Waals surface area contributed by atoms with Gasteiger partial charge in [-0.05, 0) is 36.8 Å². The predicted molar refractivity (Wildman–Crippen MR) is 79.5 cm³/mol. The minimum atomic E-state index is -0.0305. The minimum absolute atomic E-state index is 0.0305. The van der Waals surface area contributed by atoms with Crippen LogP contribution in [-0.2, 0) is 6.61 Å². The molecule has 0 saturated heterocycles. The van der Waals surface area contributed by atoms with Gasteiger partial charge in [-0.25, -0.2) is 0 Å². The molecular formula is C16H15ClN2O. The topological polar surface area (TPSA) is 59.0 Å². The van der Waals surface area contributed by atoms with Crippen molar-refractivity contribution >= 4 is 11.6 Å². The largest absolute Gasteiger partial charge is 0.489 e. The lowest BCUT2D eigenvalue weighted by Crippen LogP contribution is -2.05. The Morgan fingerprint density at radius 3 is 2.75 bits per heavy atom. The van der Waals surface area contributed by atoms with Crippen molar-refractivity contribution < 1.29 is 4.74 Å². The fourth-order valence-corrected chi connectivity index (χ4v) is 2.02. The van der Waals surface area contributed by atoms with E-state index in [1.807, 2.05) is 37.3 Å². The Kier molecular flexibility index (Phi) is 4.62. The Morgan fingerprint density at radius 1 is 1.30 bits per heavy atom. The van der Waals surface area contributed by atoms with Crippen molar-refractivity contribution in [2.24, 2.45) is 5.73 Å². The Morgan fingerprint density at radius 2 is 2.10 bits per heavy atom. The average Bonchev–Trinajstić information content (AvgIpc) is 2.46. The summed E-state index contributed by atoms with van der Waals surface area (Å²) in [6, 6.07) is 14.9. The average molecular weight is 287 g/mol. The van der Waals surface area contributed by atoms with Crippen molar-refractivity contribution in [1.29, 1.82) is 5.26 Å². The van der Waals surface area contributed by atoms with Crippen molar-refractivity contribution in [3.05, 3.63) is 64.2 Å². The van der Waals surface area contributed by atoms with Crippen molar-refractivity contribution in [3.63, 3.8) is 0 Å². The molecular weight excluding hydrogens is 272 g/mol. The van der Waals surface area contributed by atoms with Crippen LogP contribution < -0.4 is 10.5 Å². The highest BCUT2D eigenvalue weighted by Crippen LogP contribution is 2.22. The number of hydrogen-bond acceptors (Lipinski definition) is 3. The third kappa shape index (κ3) is 3.51. The first kappa shape index (κ1) is 14.4. The van der Waals surface area contributed by atoms with E-state index in [0.717, 1.165) is 16.9 Å². The van der Waals surface area contributed by atoms with E-state index >= 15 is 0 Å². The van der Waals surface area contributed by atoms with Crippen LogP contribution in [0.1, 0.15) is 29.7 Å². The summed E-state index contributed by atoms with van der Waals surface area (Å²) >= 11 is 6.11. The van der Waals surface area contributed by atoms with Crippen LogP contribution >= 0.6 is 11.6 Å². The Labute approximate surface area is 123 Å². The smallest absolute Gasteiger partial charge is 0.120 e. The summed E-state index contributed by atoms with van der Waals surface area (Å²) in [7, 11) is 0. The summed E-state index contributed by atoms with van der Waals surface area (Å²) in [5, 5.41) is 9.33. The molecule has 0 bridgehead atoms. The number of nitrogens with zero attached hydrogens (tertiary/aromatic N) is 1. The highest BCUT2D eigenvalue weighted by Gasteiger charge is 2.05. The molecule has 0 amide bonds. The molecule has 0 heterocycles. The molecule has 4 heteroatoms. The molecule has 0 aromatic heterocycles. The molecule has 0 fully saturated rings. The second-order valence-electron chi connectivity index (χ2n) is 4.57. The van der Waals surface area contributed by atoms with E-state index in [1.54, 1.807) is 18.2 Å². The summed E-state index contributed by atoms with van der Waals surface area (Å²) in [6.07, 6.45) is 0. The van der Waals surface area contributed by atoms with Gasteiger partial charge in [0.1, 0.15) is 12.4 Å². The van der Waals surface area contributed by atoms with Gasteiger partial charge in [-0.15, -0.1) is 0 Å². The molecule has 20 heavy (non-hydrogen) atoms. The van der Waals surface area contributed by atoms with Crippen LogP contribution in [0.4, 0.5) is 0 Å². The second kappa shape index (κ2) is 6.42. The lowest BCUT2D eigenvalue weighted by molar-refractivity contribution is 0.306. The maximum atomic E-state index is 8.79. The van der Waals surface area contributed by atoms with Gasteiger partial charge >= 0.3 is 0 Å². The highest BCUT2D eigenvalue weighted by atomic mass is 35.5. The molecule has 0 aliphatic rings. The SMILES string of the molecule is CC(N)c1cccc(OCc2ccc(C#N)cc2Cl)c1. The maximum absolute atomic E-state index is 8.79. The van der Waals surface area contributed by atoms with Gasteiger partial charge in [-0.1, -0.05) is 29.8 Å². The number of halogens is 1. The number of hydrogen-bond donors (Lipinski definition) is 1. The van der Waals surface area contributed by atoms with Gasteiger partial charge in [0.25, 0.3) is 0 Å². The summed E-state index contributed by atoms with van der Waals surface area (Å²) in [5.74, 6) is 0.750. The van der Waals surface area contributed by atoms with Crippen LogP contribution in [0.3, 0.4) is 0 Å². The number of benzene rings is 2. The molecule has 2 rings (SSSR count). The van der Waals surface area contributed by atoms with Gasteiger partial charge < -0.3 is 10.5 Å². The zero-order valence-corrected chi connectivity index (χ0v) is 11.9. The van der Waals surface area contributed by atoms with Crippen LogP contribution in [0, 0.1) is 11.3 Å². The lowest BCUT2D eigenvalue weighted by Gasteiger charge is -2.11. The maximum Gasteiger partial charge on any atom is 0.120 e. The third-order valence-electron chi connectivity index (χ3n) is 2.96. The number of nitrogens with two attached hydrogens (primary N) is 1. The molecule has 0 aliphatic carbocycles. The van der Waals surface area contributed by atoms with Crippen LogP contribution in [0.2, 0.25) is 5.02 Å². The third-order valence-corrected chi connectivity index (χ3v) is 3.31. The van der Waals surface area contributed by atoms with Crippen molar-refractivity contribution in [2.45, 2.75) is 19.6 Å². The first-order valence-corrected chi connectivity index (χ1v) is 6.65. The molecule has 3 nitrogen and oxygen atoms in total. The van der Waals surface area contributed by atoms with E-state index in [0.29, 0.717) is 17.2 Å². The zero-order valence-electron chi connectivity index (χ0n) is 11.1. The molecule has 102 valence electrons. The number of rotatable bonds is 4. The molecule has 0 spiro atoms. The molecule has 2 aromatic carbocycles. The zero-order chi connectivity index (χ0) is 14.5. The van der Waals surface area contributed by atoms with Crippen molar-refractivity contribution in [2.75, 3.05) is 0 Å². The fourth-order valence-electron chi connectivity index (χ4n) is 1.78. The monoisotopic (exact) mass is 286 g/mol. The number of ether oxygens (including phenoxy) is 1. The van der Waals surface area contributed by atoms with Crippen LogP contribution in [0.15, 0.2) is 42.5 Å². The molecule has 1 unspecified atom stereocenters. The van der Waals surface area contributed by atoms with Crippen molar-refractivity contribution in [3.8, 4) is 11.8 Å². The highest BCUT2D eigenvalue weighted by molar-refractivity contribution is 6.31. The normalized spacial score (nSPS) is 11.7. The molecule has 2 N–H and O–H groups in total. The summed E-state index contributed by atoms with van der Waals surface area (Å²) in [5.41, 5.74) is 8.24. The van der Waals surface area contributed by atoms with Crippen LogP contribution in [0.5, 0.6) is 5.75 Å². The van der Waals surface area contributed by atoms with Gasteiger partial charge in [0.05, 0.1) is 11.6 Å². The van der Waals surface area contributed by atoms with E-state index < -0.39 is 0 Å². The van der Waals surface area contributed by atoms with Crippen LogP contribution in [-0.4, -0.2) is 0 Å². The lowest BCUT2D eigenvalue weighted by atomic mass is 10.1. The van der Waals surface area contributed by atoms with Gasteiger partial charge in [0, 0.05) is 16.6 Å². The van der Waals surface area contributed by atoms with E-state index in [9.17, 15) is 0 Å². The molecule has 0 radical (unpaired) electrons. The Bertz CT molecular complexity index is 647. The van der Waals surface area contributed by atoms with Gasteiger partial charge in [0.15, 0.2) is 0 Å². The summed E-state index contributed by atoms with van der Waals surface area (Å²) in [6.45, 7) is 2.28. The standard InChI is InChI=1S/C16H15ClN2O/c1-11(19)13-3-2-4-15(8-13)20-10-14-6-5-12(9-18)7-16(14)17/h2-8,11H,10,19H2,1H3. The van der Waals surface area contributed by atoms with Crippen molar-refractivity contribution in [1.82, 2.24) is 0 Å². The summed E-state index contributed by atoms with van der Waals surface area (Å²) in [4.78, 5) is 0. The van der Waals surface area contributed by atoms with E-state index in [-0.39, 0.29) is 6.04 Å². The Hall–Kier alpha value is -2.02. The molecule has 0 aliphatic heterocycles. The number of nitriles is 1. The van der Waals surface area contributed by atoms with Gasteiger partial charge in [0.2, 0.25) is 0 Å². The van der Waals surface area contributed by atoms with Gasteiger partial charge in [-0.3, -0.25) is 0 Å². The van der Waals surface area contributed by atoms with Crippen LogP contribution in [0.25, 0.3) is 0 Å². The van der Waals surface area contributed by atoms with E-state index in [4.69, 9.17) is 27.3 Å². The first-order chi connectivity index (χ1) is 9.60. The predicted octanol–water partition coefficient (Wildman–Crippen LogP) is 3.81. The molecule has 0 saturated carbocycles. The second-order valence-corrected chi connectivity index (χ2v) is 4.98. The molecule has 1 atom stereocenters. The van der Waals surface area contributed by atoms with Gasteiger partial charge in [-0.2, -0.15) is 5.26 Å². The summed E-state index contributed by atoms with van der Waals surface area (Å²) < 4.78 is 5.71. The minimum Gasteiger partial charge on any atom is -0.489 e. The first-order valence-electron chi connectivity index (χ1n) is 6.27. The molecule has 2 aromatic rings. The van der Waals surface area contributed by atoms with E-state index in [2.05, 4.69) is 0 Å². The Balaban J connectivity index is 2.09.